The van der Waals surface area contributed by atoms with Crippen LogP contribution >= 0.6 is 11.6 Å². The van der Waals surface area contributed by atoms with E-state index in [2.05, 4.69) is 11.7 Å². The summed E-state index contributed by atoms with van der Waals surface area (Å²) in [6.07, 6.45) is 0.347. The van der Waals surface area contributed by atoms with Crippen molar-refractivity contribution < 1.29 is 27.9 Å². The Labute approximate surface area is 219 Å². The van der Waals surface area contributed by atoms with Crippen LogP contribution in [0.25, 0.3) is 0 Å². The van der Waals surface area contributed by atoms with Crippen molar-refractivity contribution in [3.8, 4) is 0 Å². The highest BCUT2D eigenvalue weighted by Crippen LogP contribution is 2.43. The molecule has 0 saturated heterocycles. The maximum Gasteiger partial charge on any atom is 0.335 e. The third-order valence-electron chi connectivity index (χ3n) is 6.86. The summed E-state index contributed by atoms with van der Waals surface area (Å²) in [6, 6.07) is 9.01. The maximum absolute atomic E-state index is 15.0. The third-order valence-corrected chi connectivity index (χ3v) is 7.15. The van der Waals surface area contributed by atoms with Crippen LogP contribution in [0.3, 0.4) is 0 Å². The molecule has 2 aromatic carbocycles. The van der Waals surface area contributed by atoms with Crippen LogP contribution in [0.15, 0.2) is 41.4 Å². The number of hydrogen-bond acceptors (Lipinski definition) is 5. The molecule has 1 aliphatic rings. The number of carbonyl (C=O) groups excluding carboxylic acids is 1. The van der Waals surface area contributed by atoms with E-state index < -0.39 is 29.5 Å². The first-order valence-corrected chi connectivity index (χ1v) is 12.4. The average molecular weight is 538 g/mol. The van der Waals surface area contributed by atoms with Crippen molar-refractivity contribution in [1.82, 2.24) is 4.90 Å². The van der Waals surface area contributed by atoms with E-state index in [1.54, 1.807) is 19.2 Å². The molecule has 1 aliphatic carbocycles. The number of carbonyl (C=O) groups is 2. The van der Waals surface area contributed by atoms with Gasteiger partial charge in [-0.1, -0.05) is 23.7 Å². The second-order valence-electron chi connectivity index (χ2n) is 9.62. The van der Waals surface area contributed by atoms with E-state index in [0.29, 0.717) is 37.3 Å². The van der Waals surface area contributed by atoms with Gasteiger partial charge in [-0.05, 0) is 56.4 Å². The summed E-state index contributed by atoms with van der Waals surface area (Å²) < 4.78 is 41.7. The van der Waals surface area contributed by atoms with Crippen LogP contribution in [0.1, 0.15) is 41.6 Å². The molecular formula is C27H31ClF3N3O3. The molecular weight excluding hydrogens is 507 g/mol. The van der Waals surface area contributed by atoms with E-state index in [9.17, 15) is 27.9 Å². The number of rotatable bonds is 13. The van der Waals surface area contributed by atoms with Crippen LogP contribution in [-0.2, 0) is 4.79 Å². The van der Waals surface area contributed by atoms with E-state index in [4.69, 9.17) is 11.6 Å². The Bertz CT molecular complexity index is 1140. The van der Waals surface area contributed by atoms with Crippen molar-refractivity contribution in [2.75, 3.05) is 38.1 Å². The zero-order chi connectivity index (χ0) is 27.3. The summed E-state index contributed by atoms with van der Waals surface area (Å²) in [5, 5.41) is 9.24. The van der Waals surface area contributed by atoms with Crippen LogP contribution in [0.2, 0.25) is 5.02 Å². The van der Waals surface area contributed by atoms with E-state index >= 15 is 0 Å². The number of aldehydes is 1. The lowest BCUT2D eigenvalue weighted by Crippen LogP contribution is -2.45. The van der Waals surface area contributed by atoms with Crippen molar-refractivity contribution in [3.05, 3.63) is 58.4 Å². The lowest BCUT2D eigenvalue weighted by Gasteiger charge is -2.39. The highest BCUT2D eigenvalue weighted by molar-refractivity contribution is 6.30. The van der Waals surface area contributed by atoms with Gasteiger partial charge in [0.15, 0.2) is 0 Å². The van der Waals surface area contributed by atoms with Crippen molar-refractivity contribution in [3.63, 3.8) is 0 Å². The molecule has 1 unspecified atom stereocenters. The number of anilines is 1. The number of carboxylic acids is 1. The number of nitrogens with zero attached hydrogens (tertiary/aromatic N) is 3. The molecule has 2 aromatic rings. The Morgan fingerprint density at radius 3 is 2.57 bits per heavy atom. The van der Waals surface area contributed by atoms with Gasteiger partial charge in [0.2, 0.25) is 5.92 Å². The van der Waals surface area contributed by atoms with Gasteiger partial charge in [0.05, 0.1) is 22.0 Å². The monoisotopic (exact) mass is 537 g/mol. The van der Waals surface area contributed by atoms with Crippen LogP contribution in [0, 0.1) is 17.7 Å². The molecule has 200 valence electrons. The van der Waals surface area contributed by atoms with Gasteiger partial charge in [0.25, 0.3) is 0 Å². The van der Waals surface area contributed by atoms with E-state index in [1.165, 1.54) is 24.3 Å². The molecule has 0 bridgehead atoms. The van der Waals surface area contributed by atoms with Gasteiger partial charge in [-0.25, -0.2) is 18.0 Å². The molecule has 10 heteroatoms. The minimum Gasteiger partial charge on any atom is -0.478 e. The minimum absolute atomic E-state index is 0.0579. The average Bonchev–Trinajstić information content (AvgIpc) is 2.83. The SMILES string of the molecule is C=Nc1cc(C(=O)O)ccc1N(CC)C[C@H](CN(C)CC1CC(F)(F)C1)C(C=O)c1cccc(Cl)c1F. The molecule has 37 heavy (non-hydrogen) atoms. The van der Waals surface area contributed by atoms with Crippen LogP contribution in [0.5, 0.6) is 0 Å². The molecule has 0 amide bonds. The van der Waals surface area contributed by atoms with E-state index in [0.717, 1.165) is 0 Å². The van der Waals surface area contributed by atoms with E-state index in [1.807, 2.05) is 16.7 Å². The topological polar surface area (TPSA) is 73.2 Å². The highest BCUT2D eigenvalue weighted by Gasteiger charge is 2.45. The van der Waals surface area contributed by atoms with Crippen molar-refractivity contribution in [1.29, 1.82) is 0 Å². The first-order valence-electron chi connectivity index (χ1n) is 12.0. The fraction of sp³-hybridized carbons (Fsp3) is 0.444. The number of carboxylic acid groups (broad SMARTS) is 1. The number of alkyl halides is 2. The summed E-state index contributed by atoms with van der Waals surface area (Å²) in [4.78, 5) is 31.6. The zero-order valence-corrected chi connectivity index (χ0v) is 21.6. The largest absolute Gasteiger partial charge is 0.478 e. The zero-order valence-electron chi connectivity index (χ0n) is 20.8. The number of halogens is 4. The van der Waals surface area contributed by atoms with Crippen molar-refractivity contribution in [2.45, 2.75) is 31.6 Å². The number of benzene rings is 2. The summed E-state index contributed by atoms with van der Waals surface area (Å²) in [7, 11) is 1.80. The minimum atomic E-state index is -2.63. The van der Waals surface area contributed by atoms with Gasteiger partial charge >= 0.3 is 5.97 Å². The summed E-state index contributed by atoms with van der Waals surface area (Å²) in [5.74, 6) is -5.87. The first kappa shape index (κ1) is 28.7. The van der Waals surface area contributed by atoms with Gasteiger partial charge in [0, 0.05) is 50.9 Å². The molecule has 0 aliphatic heterocycles. The Kier molecular flexibility index (Phi) is 9.36. The van der Waals surface area contributed by atoms with Crippen molar-refractivity contribution >= 4 is 41.9 Å². The molecule has 3 rings (SSSR count). The molecule has 0 radical (unpaired) electrons. The predicted octanol–water partition coefficient (Wildman–Crippen LogP) is 5.91. The quantitative estimate of drug-likeness (QED) is 0.254. The second kappa shape index (κ2) is 12.1. The number of hydrogen-bond donors (Lipinski definition) is 1. The molecule has 1 N–H and O–H groups in total. The highest BCUT2D eigenvalue weighted by atomic mass is 35.5. The second-order valence-corrected chi connectivity index (χ2v) is 10.0. The van der Waals surface area contributed by atoms with Crippen molar-refractivity contribution in [2.24, 2.45) is 16.8 Å². The smallest absolute Gasteiger partial charge is 0.335 e. The predicted molar refractivity (Wildman–Crippen MR) is 139 cm³/mol. The Balaban J connectivity index is 1.93. The van der Waals surface area contributed by atoms with Gasteiger partial charge in [-0.2, -0.15) is 0 Å². The van der Waals surface area contributed by atoms with E-state index in [-0.39, 0.29) is 41.5 Å². The maximum atomic E-state index is 15.0. The Hall–Kier alpha value is -2.91. The first-order chi connectivity index (χ1) is 17.5. The van der Waals surface area contributed by atoms with Gasteiger partial charge in [-0.15, -0.1) is 0 Å². The molecule has 6 nitrogen and oxygen atoms in total. The number of aliphatic imine (C=N–C) groups is 1. The summed E-state index contributed by atoms with van der Waals surface area (Å²) in [6.45, 7) is 6.97. The van der Waals surface area contributed by atoms with Crippen LogP contribution in [0.4, 0.5) is 24.5 Å². The Morgan fingerprint density at radius 2 is 2.00 bits per heavy atom. The van der Waals surface area contributed by atoms with Gasteiger partial charge < -0.3 is 19.7 Å². The molecule has 1 saturated carbocycles. The molecule has 0 heterocycles. The lowest BCUT2D eigenvalue weighted by molar-refractivity contribution is -0.116. The fourth-order valence-electron chi connectivity index (χ4n) is 5.06. The summed E-state index contributed by atoms with van der Waals surface area (Å²) >= 11 is 6.01. The molecule has 0 aromatic heterocycles. The van der Waals surface area contributed by atoms with Gasteiger partial charge in [0.1, 0.15) is 12.1 Å². The Morgan fingerprint density at radius 1 is 1.30 bits per heavy atom. The summed E-state index contributed by atoms with van der Waals surface area (Å²) in [5.41, 5.74) is 1.20. The lowest BCUT2D eigenvalue weighted by atomic mass is 9.80. The molecule has 2 atom stereocenters. The normalized spacial score (nSPS) is 16.6. The standard InChI is InChI=1S/C27H31ClF3N3O3/c1-4-34(24-9-8-18(26(36)37)10-23(24)32-2)15-19(14-33(3)13-17-11-27(30,31)12-17)21(16-35)20-6-5-7-22(28)25(20)29/h5-10,16-17,19,21H,2,4,11-15H2,1,3H3,(H,36,37)/t19-,21?/m0/s1. The molecule has 1 fully saturated rings. The van der Waals surface area contributed by atoms with Gasteiger partial charge in [-0.3, -0.25) is 4.99 Å². The fourth-order valence-corrected chi connectivity index (χ4v) is 5.24. The molecule has 0 spiro atoms. The van der Waals surface area contributed by atoms with Crippen LogP contribution < -0.4 is 4.90 Å². The van der Waals surface area contributed by atoms with Crippen LogP contribution in [-0.4, -0.2) is 68.1 Å². The number of aromatic carboxylic acids is 1. The third kappa shape index (κ3) is 6.90.